The van der Waals surface area contributed by atoms with E-state index < -0.39 is 18.8 Å². The van der Waals surface area contributed by atoms with Crippen LogP contribution in [0.5, 0.6) is 0 Å². The zero-order valence-electron chi connectivity index (χ0n) is 12.6. The van der Waals surface area contributed by atoms with E-state index in [0.29, 0.717) is 11.8 Å². The molecule has 21 heavy (non-hydrogen) atoms. The molecule has 0 saturated carbocycles. The minimum Gasteiger partial charge on any atom is -0.483 e. The van der Waals surface area contributed by atoms with Gasteiger partial charge in [0.15, 0.2) is 0 Å². The number of nitrogens with zero attached hydrogens (tertiary/aromatic N) is 2. The van der Waals surface area contributed by atoms with Crippen LogP contribution in [0.15, 0.2) is 9.98 Å². The largest absolute Gasteiger partial charge is 0.483 e. The fourth-order valence-corrected chi connectivity index (χ4v) is 1.93. The first-order valence-corrected chi connectivity index (χ1v) is 6.66. The van der Waals surface area contributed by atoms with E-state index in [1.54, 1.807) is 0 Å². The molecule has 122 valence electrons. The Bertz CT molecular complexity index is 395. The Labute approximate surface area is 122 Å². The van der Waals surface area contributed by atoms with E-state index in [0.717, 1.165) is 0 Å². The van der Waals surface area contributed by atoms with Crippen LogP contribution in [-0.2, 0) is 14.2 Å². The molecule has 0 N–H and O–H groups in total. The van der Waals surface area contributed by atoms with E-state index in [2.05, 4.69) is 14.7 Å². The van der Waals surface area contributed by atoms with E-state index in [4.69, 9.17) is 9.47 Å². The molecule has 1 rings (SSSR count). The normalized spacial score (nSPS) is 22.9. The maximum atomic E-state index is 12.0. The highest BCUT2D eigenvalue weighted by Gasteiger charge is 2.31. The number of halogens is 3. The van der Waals surface area contributed by atoms with Crippen LogP contribution >= 0.6 is 0 Å². The third-order valence-corrected chi connectivity index (χ3v) is 2.94. The number of methoxy groups -OCH3 is 2. The van der Waals surface area contributed by atoms with Gasteiger partial charge in [0.2, 0.25) is 11.8 Å². The summed E-state index contributed by atoms with van der Waals surface area (Å²) in [5.74, 6) is 1.04. The summed E-state index contributed by atoms with van der Waals surface area (Å²) < 4.78 is 51.0. The molecule has 1 heterocycles. The highest BCUT2D eigenvalue weighted by Crippen LogP contribution is 2.20. The second-order valence-corrected chi connectivity index (χ2v) is 5.00. The quantitative estimate of drug-likeness (QED) is 0.733. The molecular weight excluding hydrogens is 289 g/mol. The molecule has 2 unspecified atom stereocenters. The van der Waals surface area contributed by atoms with Crippen LogP contribution in [0.3, 0.4) is 0 Å². The van der Waals surface area contributed by atoms with Crippen molar-refractivity contribution in [3.8, 4) is 0 Å². The summed E-state index contributed by atoms with van der Waals surface area (Å²) in [5, 5.41) is 0. The van der Waals surface area contributed by atoms with Crippen LogP contribution < -0.4 is 0 Å². The van der Waals surface area contributed by atoms with Gasteiger partial charge in [0.05, 0.1) is 14.2 Å². The number of hydrogen-bond acceptors (Lipinski definition) is 5. The molecule has 1 aliphatic heterocycles. The van der Waals surface area contributed by atoms with Gasteiger partial charge in [0, 0.05) is 13.0 Å². The SMILES string of the molecule is COC1=NC(C(C)C)C(OC)=NC1CCOCC(F)(F)F. The van der Waals surface area contributed by atoms with Crippen LogP contribution in [0.2, 0.25) is 0 Å². The molecule has 0 aromatic rings. The lowest BCUT2D eigenvalue weighted by Crippen LogP contribution is -2.38. The molecule has 0 aromatic heterocycles. The monoisotopic (exact) mass is 310 g/mol. The Morgan fingerprint density at radius 3 is 2.19 bits per heavy atom. The van der Waals surface area contributed by atoms with Gasteiger partial charge in [0.25, 0.3) is 0 Å². The maximum absolute atomic E-state index is 12.0. The Morgan fingerprint density at radius 1 is 1.10 bits per heavy atom. The fraction of sp³-hybridized carbons (Fsp3) is 0.846. The van der Waals surface area contributed by atoms with Gasteiger partial charge in [-0.15, -0.1) is 0 Å². The van der Waals surface area contributed by atoms with Crippen LogP contribution in [0, 0.1) is 5.92 Å². The van der Waals surface area contributed by atoms with E-state index in [-0.39, 0.29) is 25.0 Å². The standard InChI is InChI=1S/C13H21F3N2O3/c1-8(2)10-12(20-4)17-9(11(18-10)19-3)5-6-21-7-13(14,15)16/h8-10H,5-7H2,1-4H3. The van der Waals surface area contributed by atoms with E-state index in [9.17, 15) is 13.2 Å². The van der Waals surface area contributed by atoms with Crippen LogP contribution in [0.1, 0.15) is 20.3 Å². The van der Waals surface area contributed by atoms with Crippen LogP contribution in [0.25, 0.3) is 0 Å². The number of ether oxygens (including phenoxy) is 3. The zero-order valence-corrected chi connectivity index (χ0v) is 12.6. The van der Waals surface area contributed by atoms with Crippen molar-refractivity contribution in [2.24, 2.45) is 15.9 Å². The molecule has 0 amide bonds. The van der Waals surface area contributed by atoms with Crippen molar-refractivity contribution in [2.45, 2.75) is 38.5 Å². The van der Waals surface area contributed by atoms with Crippen molar-refractivity contribution in [3.63, 3.8) is 0 Å². The van der Waals surface area contributed by atoms with Crippen molar-refractivity contribution in [2.75, 3.05) is 27.4 Å². The second-order valence-electron chi connectivity index (χ2n) is 5.00. The molecule has 0 fully saturated rings. The number of hydrogen-bond donors (Lipinski definition) is 0. The van der Waals surface area contributed by atoms with Crippen molar-refractivity contribution >= 4 is 11.8 Å². The number of rotatable bonds is 5. The Balaban J connectivity index is 2.64. The highest BCUT2D eigenvalue weighted by atomic mass is 19.4. The second kappa shape index (κ2) is 7.63. The van der Waals surface area contributed by atoms with Gasteiger partial charge >= 0.3 is 6.18 Å². The third kappa shape index (κ3) is 5.53. The molecule has 1 aliphatic rings. The van der Waals surface area contributed by atoms with Gasteiger partial charge < -0.3 is 14.2 Å². The minimum absolute atomic E-state index is 0.0839. The van der Waals surface area contributed by atoms with Crippen molar-refractivity contribution in [1.29, 1.82) is 0 Å². The summed E-state index contributed by atoms with van der Waals surface area (Å²) >= 11 is 0. The Kier molecular flexibility index (Phi) is 6.44. The molecule has 0 aliphatic carbocycles. The predicted octanol–water partition coefficient (Wildman–Crippen LogP) is 2.45. The molecule has 0 aromatic carbocycles. The van der Waals surface area contributed by atoms with Gasteiger partial charge in [-0.3, -0.25) is 0 Å². The molecule has 0 spiro atoms. The summed E-state index contributed by atoms with van der Waals surface area (Å²) in [4.78, 5) is 8.79. The minimum atomic E-state index is -4.32. The average molecular weight is 310 g/mol. The number of alkyl halides is 3. The van der Waals surface area contributed by atoms with Crippen molar-refractivity contribution in [3.05, 3.63) is 0 Å². The lowest BCUT2D eigenvalue weighted by molar-refractivity contribution is -0.174. The maximum Gasteiger partial charge on any atom is 0.411 e. The third-order valence-electron chi connectivity index (χ3n) is 2.94. The summed E-state index contributed by atoms with van der Waals surface area (Å²) in [6.07, 6.45) is -4.07. The number of aliphatic imine (C=N–C) groups is 2. The van der Waals surface area contributed by atoms with Crippen molar-refractivity contribution in [1.82, 2.24) is 0 Å². The van der Waals surface area contributed by atoms with E-state index >= 15 is 0 Å². The highest BCUT2D eigenvalue weighted by molar-refractivity contribution is 5.94. The summed E-state index contributed by atoms with van der Waals surface area (Å²) in [7, 11) is 2.96. The molecule has 2 atom stereocenters. The molecule has 8 heteroatoms. The molecule has 0 saturated heterocycles. The first kappa shape index (κ1) is 17.7. The summed E-state index contributed by atoms with van der Waals surface area (Å²) in [6, 6.07) is -0.717. The van der Waals surface area contributed by atoms with E-state index in [1.807, 2.05) is 13.8 Å². The Morgan fingerprint density at radius 2 is 1.71 bits per heavy atom. The van der Waals surface area contributed by atoms with Gasteiger partial charge in [-0.25, -0.2) is 9.98 Å². The average Bonchev–Trinajstić information content (AvgIpc) is 2.41. The fourth-order valence-electron chi connectivity index (χ4n) is 1.93. The topological polar surface area (TPSA) is 52.4 Å². The predicted molar refractivity (Wildman–Crippen MR) is 72.8 cm³/mol. The molecular formula is C13H21F3N2O3. The Hall–Kier alpha value is -1.31. The van der Waals surface area contributed by atoms with Gasteiger partial charge in [0.1, 0.15) is 18.7 Å². The van der Waals surface area contributed by atoms with Crippen LogP contribution in [-0.4, -0.2) is 57.5 Å². The smallest absolute Gasteiger partial charge is 0.411 e. The van der Waals surface area contributed by atoms with Gasteiger partial charge in [-0.2, -0.15) is 13.2 Å². The molecule has 0 bridgehead atoms. The van der Waals surface area contributed by atoms with Gasteiger partial charge in [-0.05, 0) is 5.92 Å². The summed E-state index contributed by atoms with van der Waals surface area (Å²) in [6.45, 7) is 2.60. The summed E-state index contributed by atoms with van der Waals surface area (Å²) in [5.41, 5.74) is 0. The van der Waals surface area contributed by atoms with E-state index in [1.165, 1.54) is 14.2 Å². The molecule has 0 radical (unpaired) electrons. The van der Waals surface area contributed by atoms with Crippen molar-refractivity contribution < 1.29 is 27.4 Å². The first-order valence-electron chi connectivity index (χ1n) is 6.66. The van der Waals surface area contributed by atoms with Crippen LogP contribution in [0.4, 0.5) is 13.2 Å². The molecule has 5 nitrogen and oxygen atoms in total. The lowest BCUT2D eigenvalue weighted by Gasteiger charge is -2.27. The lowest BCUT2D eigenvalue weighted by atomic mass is 10.0. The van der Waals surface area contributed by atoms with Gasteiger partial charge in [-0.1, -0.05) is 13.8 Å². The zero-order chi connectivity index (χ0) is 16.0. The first-order chi connectivity index (χ1) is 9.78.